The minimum Gasteiger partial charge on any atom is -0.456 e. The molecule has 16 heteroatoms. The summed E-state index contributed by atoms with van der Waals surface area (Å²) in [6, 6.07) is 0. The average molecular weight is 717 g/mol. The van der Waals surface area contributed by atoms with Crippen LogP contribution in [0, 0.1) is 35.5 Å². The molecule has 0 amide bonds. The predicted molar refractivity (Wildman–Crippen MR) is 154 cm³/mol. The SMILES string of the molecule is C[C@@H]1CCC2C(CS(=O)CC3=C(C(F)(F)F)O[C@@H]4OC5(C)CCC6[C@H](C)CC[C@@H]3[C@]64OO5)=C(C(F)(F)F)O[C@@H]3O[C@@H](C)CCC1C23OO. The van der Waals surface area contributed by atoms with E-state index >= 15 is 0 Å². The van der Waals surface area contributed by atoms with E-state index in [-0.39, 0.29) is 36.2 Å². The lowest BCUT2D eigenvalue weighted by molar-refractivity contribution is -0.557. The molecule has 1 spiro atoms. The van der Waals surface area contributed by atoms with Gasteiger partial charge in [-0.15, -0.1) is 0 Å². The molecule has 8 aliphatic rings. The molecule has 0 aromatic heterocycles. The second-order valence-electron chi connectivity index (χ2n) is 15.0. The van der Waals surface area contributed by atoms with Gasteiger partial charge in [0.25, 0.3) is 0 Å². The number of hydrogen-bond acceptors (Lipinski definition) is 9. The van der Waals surface area contributed by atoms with Gasteiger partial charge in [-0.3, -0.25) is 9.47 Å². The van der Waals surface area contributed by atoms with Crippen molar-refractivity contribution in [3.8, 4) is 0 Å². The first-order chi connectivity index (χ1) is 22.4. The highest BCUT2D eigenvalue weighted by Gasteiger charge is 2.71. The van der Waals surface area contributed by atoms with Crippen LogP contribution in [0.2, 0.25) is 0 Å². The van der Waals surface area contributed by atoms with E-state index in [9.17, 15) is 35.8 Å². The lowest BCUT2D eigenvalue weighted by Crippen LogP contribution is -2.67. The van der Waals surface area contributed by atoms with Crippen LogP contribution in [-0.2, 0) is 44.4 Å². The second kappa shape index (κ2) is 11.8. The van der Waals surface area contributed by atoms with E-state index in [1.54, 1.807) is 13.8 Å². The summed E-state index contributed by atoms with van der Waals surface area (Å²) < 4.78 is 125. The summed E-state index contributed by atoms with van der Waals surface area (Å²) in [7, 11) is -2.33. The van der Waals surface area contributed by atoms with Gasteiger partial charge in [-0.25, -0.2) is 14.7 Å². The fourth-order valence-corrected chi connectivity index (χ4v) is 11.5. The van der Waals surface area contributed by atoms with E-state index in [2.05, 4.69) is 0 Å². The molecule has 6 fully saturated rings. The maximum absolute atomic E-state index is 14.7. The Bertz CT molecular complexity index is 1320. The monoisotopic (exact) mass is 716 g/mol. The van der Waals surface area contributed by atoms with Crippen molar-refractivity contribution < 1.29 is 69.4 Å². The zero-order valence-corrected chi connectivity index (χ0v) is 28.0. The molecular weight excluding hydrogens is 674 g/mol. The molecule has 0 aromatic carbocycles. The first-order valence-corrected chi connectivity index (χ1v) is 18.2. The van der Waals surface area contributed by atoms with Crippen LogP contribution in [0.1, 0.15) is 79.1 Å². The van der Waals surface area contributed by atoms with Crippen LogP contribution in [0.3, 0.4) is 0 Å². The molecule has 0 radical (unpaired) electrons. The molecule has 1 N–H and O–H groups in total. The van der Waals surface area contributed by atoms with E-state index in [1.165, 1.54) is 0 Å². The van der Waals surface area contributed by atoms with Crippen LogP contribution in [0.4, 0.5) is 26.3 Å². The van der Waals surface area contributed by atoms with Crippen molar-refractivity contribution in [1.82, 2.24) is 0 Å². The van der Waals surface area contributed by atoms with Crippen molar-refractivity contribution in [1.29, 1.82) is 0 Å². The molecule has 2 aliphatic carbocycles. The van der Waals surface area contributed by atoms with E-state index in [4.69, 9.17) is 33.6 Å². The second-order valence-corrected chi connectivity index (χ2v) is 16.5. The van der Waals surface area contributed by atoms with Crippen molar-refractivity contribution in [2.45, 2.75) is 127 Å². The van der Waals surface area contributed by atoms with Gasteiger partial charge >= 0.3 is 12.4 Å². The van der Waals surface area contributed by atoms with E-state index in [0.29, 0.717) is 38.5 Å². The Morgan fingerprint density at radius 1 is 0.792 bits per heavy atom. The van der Waals surface area contributed by atoms with Gasteiger partial charge in [-0.05, 0) is 81.8 Å². The summed E-state index contributed by atoms with van der Waals surface area (Å²) in [6.07, 6.45) is -10.4. The van der Waals surface area contributed by atoms with Crippen LogP contribution in [-0.4, -0.2) is 69.0 Å². The molecule has 272 valence electrons. The number of hydrogen-bond donors (Lipinski definition) is 1. The Hall–Kier alpha value is -1.43. The molecule has 6 unspecified atom stereocenters. The van der Waals surface area contributed by atoms with Gasteiger partial charge in [0.05, 0.1) is 6.10 Å². The zero-order valence-electron chi connectivity index (χ0n) is 27.2. The Kier molecular flexibility index (Phi) is 8.61. The lowest BCUT2D eigenvalue weighted by atomic mass is 9.59. The molecule has 4 saturated heterocycles. The molecular formula is C32H42F6O9S. The molecule has 13 atom stereocenters. The van der Waals surface area contributed by atoms with Gasteiger partial charge in [-0.1, -0.05) is 13.8 Å². The summed E-state index contributed by atoms with van der Waals surface area (Å²) in [4.78, 5) is 16.8. The average Bonchev–Trinajstić information content (AvgIpc) is 3.31. The number of fused-ring (bicyclic) bond motifs is 2. The fourth-order valence-electron chi connectivity index (χ4n) is 10.0. The summed E-state index contributed by atoms with van der Waals surface area (Å²) in [5.41, 5.74) is -3.94. The van der Waals surface area contributed by atoms with Gasteiger partial charge in [-0.2, -0.15) is 26.3 Å². The van der Waals surface area contributed by atoms with Crippen LogP contribution in [0.15, 0.2) is 22.7 Å². The number of allylic oxidation sites excluding steroid dienone is 2. The Morgan fingerprint density at radius 2 is 1.38 bits per heavy atom. The first kappa shape index (κ1) is 35.0. The molecule has 48 heavy (non-hydrogen) atoms. The zero-order chi connectivity index (χ0) is 34.6. The van der Waals surface area contributed by atoms with E-state index < -0.39 is 105 Å². The first-order valence-electron chi connectivity index (χ1n) is 16.8. The smallest absolute Gasteiger partial charge is 0.449 e. The van der Waals surface area contributed by atoms with Gasteiger partial charge in [0.1, 0.15) is 0 Å². The summed E-state index contributed by atoms with van der Waals surface area (Å²) in [5.74, 6) is -8.50. The highest BCUT2D eigenvalue weighted by Crippen LogP contribution is 2.62. The number of ether oxygens (including phenoxy) is 4. The van der Waals surface area contributed by atoms with Crippen molar-refractivity contribution in [3.63, 3.8) is 0 Å². The maximum Gasteiger partial charge on any atom is 0.449 e. The topological polar surface area (TPSA) is 102 Å². The van der Waals surface area contributed by atoms with Crippen molar-refractivity contribution in [2.24, 2.45) is 35.5 Å². The predicted octanol–water partition coefficient (Wildman–Crippen LogP) is 7.06. The summed E-state index contributed by atoms with van der Waals surface area (Å²) >= 11 is 0. The van der Waals surface area contributed by atoms with Crippen LogP contribution in [0.5, 0.6) is 0 Å². The molecule has 6 aliphatic heterocycles. The minimum atomic E-state index is -5.04. The normalized spacial score (nSPS) is 46.5. The van der Waals surface area contributed by atoms with Crippen molar-refractivity contribution in [3.05, 3.63) is 22.7 Å². The van der Waals surface area contributed by atoms with Crippen LogP contribution in [0.25, 0.3) is 0 Å². The van der Waals surface area contributed by atoms with Gasteiger partial charge in [0, 0.05) is 52.4 Å². The molecule has 6 heterocycles. The quantitative estimate of drug-likeness (QED) is 0.182. The van der Waals surface area contributed by atoms with Gasteiger partial charge in [0.2, 0.25) is 29.9 Å². The van der Waals surface area contributed by atoms with E-state index in [1.807, 2.05) is 13.8 Å². The van der Waals surface area contributed by atoms with E-state index in [0.717, 1.165) is 0 Å². The third kappa shape index (κ3) is 5.28. The van der Waals surface area contributed by atoms with Crippen LogP contribution < -0.4 is 0 Å². The molecule has 2 saturated carbocycles. The maximum atomic E-state index is 14.7. The molecule has 2 bridgehead atoms. The summed E-state index contributed by atoms with van der Waals surface area (Å²) in [6.45, 7) is 7.18. The third-order valence-electron chi connectivity index (χ3n) is 12.2. The van der Waals surface area contributed by atoms with Gasteiger partial charge < -0.3 is 18.9 Å². The Balaban J connectivity index is 1.28. The highest BCUT2D eigenvalue weighted by molar-refractivity contribution is 7.85. The fraction of sp³-hybridized carbons (Fsp3) is 0.875. The lowest BCUT2D eigenvalue weighted by Gasteiger charge is -2.57. The van der Waals surface area contributed by atoms with Gasteiger partial charge in [0.15, 0.2) is 11.2 Å². The van der Waals surface area contributed by atoms with Crippen LogP contribution >= 0.6 is 0 Å². The number of alkyl halides is 6. The number of halogens is 6. The largest absolute Gasteiger partial charge is 0.456 e. The Labute approximate surface area is 276 Å². The minimum absolute atomic E-state index is 0.0202. The third-order valence-corrected chi connectivity index (χ3v) is 13.5. The molecule has 9 nitrogen and oxygen atoms in total. The standard InChI is InChI=1S/C32H42F6O9S/c1-15-5-8-22-18(24(31(33,34)35)42-26-29(22,45-39)20(15)10-7-17(3)41-26)13-48(40)14-19-23-9-6-16(2)21-11-12-28(4)44-27(30(21,23)47-46-28)43-25(19)32(36,37)38/h15-17,20-23,26-27,39H,5-14H2,1-4H3/t15-,16-,17+,20?,21?,22?,23+,26+,27-,28?,29?,30-,48?/m1/s1. The highest BCUT2D eigenvalue weighted by atomic mass is 32.2. The van der Waals surface area contributed by atoms with Crippen molar-refractivity contribution in [2.75, 3.05) is 11.5 Å². The Morgan fingerprint density at radius 3 is 2.00 bits per heavy atom. The van der Waals surface area contributed by atoms with Crippen molar-refractivity contribution >= 4 is 10.8 Å². The molecule has 8 rings (SSSR count). The molecule has 0 aromatic rings. The number of rotatable bonds is 5. The summed E-state index contributed by atoms with van der Waals surface area (Å²) in [5, 5.41) is 10.4.